The lowest BCUT2D eigenvalue weighted by Gasteiger charge is -2.29. The van der Waals surface area contributed by atoms with E-state index in [0.717, 1.165) is 37.5 Å². The Morgan fingerprint density at radius 3 is 2.70 bits per heavy atom. The zero-order chi connectivity index (χ0) is 20.8. The molecule has 154 valence electrons. The van der Waals surface area contributed by atoms with Crippen LogP contribution in [0, 0.1) is 11.6 Å². The van der Waals surface area contributed by atoms with E-state index in [2.05, 4.69) is 25.2 Å². The van der Waals surface area contributed by atoms with E-state index in [-0.39, 0.29) is 20.9 Å². The van der Waals surface area contributed by atoms with E-state index < -0.39 is 11.6 Å². The van der Waals surface area contributed by atoms with E-state index >= 15 is 4.39 Å². The fourth-order valence-electron chi connectivity index (χ4n) is 3.85. The highest BCUT2D eigenvalue weighted by Crippen LogP contribution is 2.42. The maximum Gasteiger partial charge on any atom is 0.181 e. The summed E-state index contributed by atoms with van der Waals surface area (Å²) in [5.41, 5.74) is 6.90. The van der Waals surface area contributed by atoms with Gasteiger partial charge in [0.1, 0.15) is 29.2 Å². The number of benzene rings is 2. The monoisotopic (exact) mass is 428 g/mol. The minimum absolute atomic E-state index is 0.147. The number of halogens is 2. The third-order valence-corrected chi connectivity index (χ3v) is 6.13. The van der Waals surface area contributed by atoms with E-state index in [0.29, 0.717) is 28.0 Å². The second kappa shape index (κ2) is 7.29. The van der Waals surface area contributed by atoms with Crippen molar-refractivity contribution in [1.29, 1.82) is 0 Å². The van der Waals surface area contributed by atoms with Crippen molar-refractivity contribution in [2.75, 3.05) is 43.9 Å². The van der Waals surface area contributed by atoms with Crippen LogP contribution >= 0.6 is 11.3 Å². The molecule has 3 heterocycles. The summed E-state index contributed by atoms with van der Waals surface area (Å²) in [6, 6.07) is 4.38. The van der Waals surface area contributed by atoms with Crippen molar-refractivity contribution in [3.8, 4) is 16.9 Å². The Balaban J connectivity index is 1.78. The summed E-state index contributed by atoms with van der Waals surface area (Å²) in [7, 11) is 1.52. The van der Waals surface area contributed by atoms with Crippen molar-refractivity contribution in [2.24, 2.45) is 0 Å². The average Bonchev–Trinajstić information content (AvgIpc) is 3.17. The molecule has 0 unspecified atom stereocenters. The first-order valence-electron chi connectivity index (χ1n) is 9.40. The van der Waals surface area contributed by atoms with Gasteiger partial charge in [-0.25, -0.2) is 23.7 Å². The average molecular weight is 428 g/mol. The molecule has 1 fully saturated rings. The molecule has 1 aliphatic heterocycles. The quantitative estimate of drug-likeness (QED) is 0.518. The first kappa shape index (κ1) is 18.9. The number of aromatic nitrogens is 3. The van der Waals surface area contributed by atoms with Crippen molar-refractivity contribution in [3.63, 3.8) is 0 Å². The molecule has 0 radical (unpaired) electrons. The molecule has 5 rings (SSSR count). The Bertz CT molecular complexity index is 1270. The highest BCUT2D eigenvalue weighted by Gasteiger charge is 2.24. The summed E-state index contributed by atoms with van der Waals surface area (Å²) >= 11 is 1.03. The molecular formula is C20H18F2N6OS. The zero-order valence-electron chi connectivity index (χ0n) is 16.1. The third-order valence-electron chi connectivity index (χ3n) is 5.23. The first-order chi connectivity index (χ1) is 14.6. The standard InChI is InChI=1S/C20H18F2N6OS/c1-29-13-8-11(10-2-3-12(21)18-16(10)27-20(23)30-18)15(22)17-14(13)19(26-9-25-17)28-6-4-24-5-7-28/h2-3,8-9,24H,4-7H2,1H3,(H2,23,27). The topological polar surface area (TPSA) is 89.2 Å². The highest BCUT2D eigenvalue weighted by atomic mass is 32.1. The van der Waals surface area contributed by atoms with Crippen LogP contribution in [0.5, 0.6) is 5.75 Å². The fourth-order valence-corrected chi connectivity index (χ4v) is 4.61. The second-order valence-corrected chi connectivity index (χ2v) is 7.95. The van der Waals surface area contributed by atoms with Gasteiger partial charge in [0.2, 0.25) is 0 Å². The van der Waals surface area contributed by atoms with Crippen LogP contribution in [0.15, 0.2) is 24.5 Å². The number of methoxy groups -OCH3 is 1. The Morgan fingerprint density at radius 1 is 1.13 bits per heavy atom. The Hall–Kier alpha value is -3.11. The van der Waals surface area contributed by atoms with Crippen molar-refractivity contribution < 1.29 is 13.5 Å². The summed E-state index contributed by atoms with van der Waals surface area (Å²) < 4.78 is 35.8. The lowest BCUT2D eigenvalue weighted by molar-refractivity contribution is 0.419. The Morgan fingerprint density at radius 2 is 1.93 bits per heavy atom. The number of nitrogens with one attached hydrogen (secondary N) is 1. The lowest BCUT2D eigenvalue weighted by Crippen LogP contribution is -2.44. The molecule has 10 heteroatoms. The van der Waals surface area contributed by atoms with Gasteiger partial charge in [-0.1, -0.05) is 11.3 Å². The number of anilines is 2. The van der Waals surface area contributed by atoms with Gasteiger partial charge in [-0.05, 0) is 18.2 Å². The number of nitrogens with zero attached hydrogens (tertiary/aromatic N) is 4. The number of hydrogen-bond donors (Lipinski definition) is 2. The van der Waals surface area contributed by atoms with Crippen LogP contribution in [0.25, 0.3) is 32.2 Å². The fraction of sp³-hybridized carbons (Fsp3) is 0.250. The number of ether oxygens (including phenoxy) is 1. The molecule has 2 aromatic carbocycles. The summed E-state index contributed by atoms with van der Waals surface area (Å²) in [5.74, 6) is 0.0886. The lowest BCUT2D eigenvalue weighted by atomic mass is 10.0. The maximum atomic E-state index is 15.7. The number of fused-ring (bicyclic) bond motifs is 2. The molecule has 0 amide bonds. The summed E-state index contributed by atoms with van der Waals surface area (Å²) in [5, 5.41) is 4.02. The predicted molar refractivity (Wildman–Crippen MR) is 114 cm³/mol. The summed E-state index contributed by atoms with van der Waals surface area (Å²) in [4.78, 5) is 14.9. The molecule has 0 aliphatic carbocycles. The normalized spacial score (nSPS) is 14.6. The van der Waals surface area contributed by atoms with Gasteiger partial charge >= 0.3 is 0 Å². The number of nitrogens with two attached hydrogens (primary N) is 1. The van der Waals surface area contributed by atoms with Crippen LogP contribution < -0.4 is 20.7 Å². The van der Waals surface area contributed by atoms with Crippen LogP contribution in [0.3, 0.4) is 0 Å². The molecule has 0 saturated carbocycles. The molecule has 1 saturated heterocycles. The van der Waals surface area contributed by atoms with Crippen LogP contribution in [-0.2, 0) is 0 Å². The number of rotatable bonds is 3. The van der Waals surface area contributed by atoms with Crippen molar-refractivity contribution in [1.82, 2.24) is 20.3 Å². The van der Waals surface area contributed by atoms with Crippen molar-refractivity contribution in [2.45, 2.75) is 0 Å². The zero-order valence-corrected chi connectivity index (χ0v) is 16.9. The predicted octanol–water partition coefficient (Wildman–Crippen LogP) is 3.19. The SMILES string of the molecule is COc1cc(-c2ccc(F)c3sc(N)nc23)c(F)c2ncnc(N3CCNCC3)c12. The minimum atomic E-state index is -0.538. The van der Waals surface area contributed by atoms with E-state index in [9.17, 15) is 4.39 Å². The van der Waals surface area contributed by atoms with Gasteiger partial charge in [0.15, 0.2) is 10.9 Å². The molecule has 7 nitrogen and oxygen atoms in total. The van der Waals surface area contributed by atoms with Crippen LogP contribution in [0.1, 0.15) is 0 Å². The maximum absolute atomic E-state index is 15.7. The number of hydrogen-bond acceptors (Lipinski definition) is 8. The molecular weight excluding hydrogens is 410 g/mol. The van der Waals surface area contributed by atoms with Gasteiger partial charge < -0.3 is 20.7 Å². The van der Waals surface area contributed by atoms with Gasteiger partial charge in [-0.2, -0.15) is 0 Å². The highest BCUT2D eigenvalue weighted by molar-refractivity contribution is 7.22. The summed E-state index contributed by atoms with van der Waals surface area (Å²) in [6.45, 7) is 3.12. The third kappa shape index (κ3) is 2.91. The molecule has 0 spiro atoms. The molecule has 4 aromatic rings. The second-order valence-electron chi connectivity index (χ2n) is 6.92. The van der Waals surface area contributed by atoms with Crippen LogP contribution in [-0.4, -0.2) is 48.2 Å². The molecule has 2 aromatic heterocycles. The van der Waals surface area contributed by atoms with E-state index in [1.807, 2.05) is 0 Å². The number of piperazine rings is 1. The van der Waals surface area contributed by atoms with Gasteiger partial charge in [-0.15, -0.1) is 0 Å². The molecule has 3 N–H and O–H groups in total. The molecule has 30 heavy (non-hydrogen) atoms. The van der Waals surface area contributed by atoms with E-state index in [1.54, 1.807) is 6.07 Å². The Labute approximate surface area is 174 Å². The van der Waals surface area contributed by atoms with Gasteiger partial charge in [-0.3, -0.25) is 0 Å². The van der Waals surface area contributed by atoms with Crippen LogP contribution in [0.4, 0.5) is 19.7 Å². The van der Waals surface area contributed by atoms with E-state index in [4.69, 9.17) is 10.5 Å². The molecule has 0 bridgehead atoms. The summed E-state index contributed by atoms with van der Waals surface area (Å²) in [6.07, 6.45) is 1.35. The smallest absolute Gasteiger partial charge is 0.181 e. The van der Waals surface area contributed by atoms with Gasteiger partial charge in [0.25, 0.3) is 0 Å². The number of nitrogen functional groups attached to an aromatic ring is 1. The van der Waals surface area contributed by atoms with Crippen LogP contribution in [0.2, 0.25) is 0 Å². The molecule has 1 aliphatic rings. The largest absolute Gasteiger partial charge is 0.496 e. The Kier molecular flexibility index (Phi) is 4.59. The van der Waals surface area contributed by atoms with Gasteiger partial charge in [0, 0.05) is 37.3 Å². The minimum Gasteiger partial charge on any atom is -0.496 e. The van der Waals surface area contributed by atoms with Gasteiger partial charge in [0.05, 0.1) is 22.7 Å². The number of thiazole rings is 1. The molecule has 0 atom stereocenters. The van der Waals surface area contributed by atoms with E-state index in [1.165, 1.54) is 25.6 Å². The first-order valence-corrected chi connectivity index (χ1v) is 10.2. The van der Waals surface area contributed by atoms with Crippen molar-refractivity contribution in [3.05, 3.63) is 36.2 Å². The van der Waals surface area contributed by atoms with Crippen molar-refractivity contribution >= 4 is 43.4 Å².